The first-order valence-corrected chi connectivity index (χ1v) is 8.29. The van der Waals surface area contributed by atoms with Crippen LogP contribution >= 0.6 is 0 Å². The molecule has 0 unspecified atom stereocenters. The van der Waals surface area contributed by atoms with Crippen molar-refractivity contribution in [2.75, 3.05) is 0 Å². The molecule has 0 nitrogen and oxygen atoms in total. The number of hydrogen-bond donors (Lipinski definition) is 0. The van der Waals surface area contributed by atoms with E-state index in [4.69, 9.17) is 0 Å². The SMILES string of the molecule is CC1CCC(C2CCC(c3cc[c-]cc3)CC2)CC1.[Y]. The van der Waals surface area contributed by atoms with Crippen LogP contribution in [0.5, 0.6) is 0 Å². The van der Waals surface area contributed by atoms with Crippen molar-refractivity contribution in [3.05, 3.63) is 35.9 Å². The van der Waals surface area contributed by atoms with Gasteiger partial charge in [0, 0.05) is 32.7 Å². The number of benzene rings is 1. The van der Waals surface area contributed by atoms with Gasteiger partial charge in [0.2, 0.25) is 0 Å². The molecular formula is C19H27Y-. The van der Waals surface area contributed by atoms with E-state index in [-0.39, 0.29) is 32.7 Å². The van der Waals surface area contributed by atoms with Gasteiger partial charge >= 0.3 is 0 Å². The van der Waals surface area contributed by atoms with Crippen molar-refractivity contribution >= 4 is 0 Å². The second-order valence-corrected chi connectivity index (χ2v) is 6.96. The third kappa shape index (κ3) is 4.17. The summed E-state index contributed by atoms with van der Waals surface area (Å²) in [6, 6.07) is 11.8. The summed E-state index contributed by atoms with van der Waals surface area (Å²) in [4.78, 5) is 0. The maximum Gasteiger partial charge on any atom is 0 e. The van der Waals surface area contributed by atoms with Crippen molar-refractivity contribution in [2.45, 2.75) is 64.2 Å². The molecular weight excluding hydrogens is 317 g/mol. The van der Waals surface area contributed by atoms with Gasteiger partial charge in [-0.1, -0.05) is 19.8 Å². The second kappa shape index (κ2) is 8.09. The summed E-state index contributed by atoms with van der Waals surface area (Å²) in [6.07, 6.45) is 11.8. The van der Waals surface area contributed by atoms with Gasteiger partial charge in [0.05, 0.1) is 0 Å². The summed E-state index contributed by atoms with van der Waals surface area (Å²) in [5.41, 5.74) is 1.55. The van der Waals surface area contributed by atoms with E-state index in [1.807, 2.05) is 0 Å². The quantitative estimate of drug-likeness (QED) is 0.614. The topological polar surface area (TPSA) is 0 Å². The van der Waals surface area contributed by atoms with Gasteiger partial charge in [-0.25, -0.2) is 0 Å². The Bertz CT molecular complexity index is 370. The van der Waals surface area contributed by atoms with Gasteiger partial charge in [0.15, 0.2) is 0 Å². The molecule has 1 aromatic carbocycles. The van der Waals surface area contributed by atoms with Crippen LogP contribution in [0.1, 0.15) is 69.8 Å². The zero-order valence-corrected chi connectivity index (χ0v) is 15.7. The summed E-state index contributed by atoms with van der Waals surface area (Å²) in [5, 5.41) is 0. The summed E-state index contributed by atoms with van der Waals surface area (Å²) in [6.45, 7) is 2.43. The third-order valence-electron chi connectivity index (χ3n) is 5.71. The van der Waals surface area contributed by atoms with Crippen molar-refractivity contribution in [2.24, 2.45) is 17.8 Å². The Morgan fingerprint density at radius 1 is 0.800 bits per heavy atom. The summed E-state index contributed by atoms with van der Waals surface area (Å²) in [7, 11) is 0. The molecule has 107 valence electrons. The van der Waals surface area contributed by atoms with Crippen LogP contribution in [-0.4, -0.2) is 0 Å². The molecule has 0 N–H and O–H groups in total. The van der Waals surface area contributed by atoms with Crippen LogP contribution in [0.15, 0.2) is 24.3 Å². The van der Waals surface area contributed by atoms with Crippen LogP contribution in [-0.2, 0) is 32.7 Å². The van der Waals surface area contributed by atoms with Crippen molar-refractivity contribution in [3.8, 4) is 0 Å². The molecule has 0 atom stereocenters. The van der Waals surface area contributed by atoms with Crippen molar-refractivity contribution in [1.29, 1.82) is 0 Å². The fourth-order valence-electron chi connectivity index (χ4n) is 4.35. The minimum absolute atomic E-state index is 0. The molecule has 0 heterocycles. The average molecular weight is 344 g/mol. The van der Waals surface area contributed by atoms with E-state index in [2.05, 4.69) is 37.3 Å². The van der Waals surface area contributed by atoms with Gasteiger partial charge in [0.1, 0.15) is 0 Å². The van der Waals surface area contributed by atoms with E-state index in [1.54, 1.807) is 5.56 Å². The molecule has 0 bridgehead atoms. The molecule has 0 aliphatic heterocycles. The Morgan fingerprint density at radius 3 is 1.85 bits per heavy atom. The largest absolute Gasteiger partial charge is 0.184 e. The van der Waals surface area contributed by atoms with E-state index in [9.17, 15) is 0 Å². The zero-order chi connectivity index (χ0) is 13.1. The Morgan fingerprint density at radius 2 is 1.30 bits per heavy atom. The first-order valence-electron chi connectivity index (χ1n) is 8.29. The fraction of sp³-hybridized carbons (Fsp3) is 0.684. The molecule has 2 fully saturated rings. The average Bonchev–Trinajstić information content (AvgIpc) is 2.49. The molecule has 0 spiro atoms. The van der Waals surface area contributed by atoms with Crippen LogP contribution in [0.4, 0.5) is 0 Å². The number of hydrogen-bond acceptors (Lipinski definition) is 0. The maximum absolute atomic E-state index is 3.14. The van der Waals surface area contributed by atoms with Crippen LogP contribution in [0.25, 0.3) is 0 Å². The predicted octanol–water partition coefficient (Wildman–Crippen LogP) is 5.58. The summed E-state index contributed by atoms with van der Waals surface area (Å²) >= 11 is 0. The normalized spacial score (nSPS) is 34.2. The molecule has 1 aromatic rings. The zero-order valence-electron chi connectivity index (χ0n) is 12.9. The van der Waals surface area contributed by atoms with E-state index in [0.717, 1.165) is 23.7 Å². The molecule has 2 saturated carbocycles. The molecule has 0 saturated heterocycles. The molecule has 2 aliphatic rings. The minimum atomic E-state index is 0. The smallest absolute Gasteiger partial charge is 0 e. The van der Waals surface area contributed by atoms with Crippen LogP contribution in [0.3, 0.4) is 0 Å². The Hall–Kier alpha value is 0.324. The van der Waals surface area contributed by atoms with E-state index >= 15 is 0 Å². The minimum Gasteiger partial charge on any atom is -0.184 e. The molecule has 3 rings (SSSR count). The summed E-state index contributed by atoms with van der Waals surface area (Å²) in [5.74, 6) is 3.92. The monoisotopic (exact) mass is 344 g/mol. The van der Waals surface area contributed by atoms with Crippen LogP contribution in [0.2, 0.25) is 0 Å². The van der Waals surface area contributed by atoms with Gasteiger partial charge in [-0.05, 0) is 62.2 Å². The molecule has 2 aliphatic carbocycles. The molecule has 0 aromatic heterocycles. The fourth-order valence-corrected chi connectivity index (χ4v) is 4.35. The first kappa shape index (κ1) is 16.7. The molecule has 1 heteroatoms. The molecule has 1 radical (unpaired) electrons. The Balaban J connectivity index is 0.00000147. The molecule has 0 amide bonds. The maximum atomic E-state index is 3.14. The second-order valence-electron chi connectivity index (χ2n) is 6.96. The first-order chi connectivity index (χ1) is 9.33. The van der Waals surface area contributed by atoms with Gasteiger partial charge in [-0.15, -0.1) is 0 Å². The van der Waals surface area contributed by atoms with E-state index in [0.29, 0.717) is 0 Å². The van der Waals surface area contributed by atoms with Crippen LogP contribution < -0.4 is 0 Å². The van der Waals surface area contributed by atoms with Crippen molar-refractivity contribution in [1.82, 2.24) is 0 Å². The van der Waals surface area contributed by atoms with E-state index < -0.39 is 0 Å². The summed E-state index contributed by atoms with van der Waals surface area (Å²) < 4.78 is 0. The van der Waals surface area contributed by atoms with Gasteiger partial charge in [-0.3, -0.25) is 0 Å². The third-order valence-corrected chi connectivity index (χ3v) is 5.71. The Kier molecular flexibility index (Phi) is 6.75. The van der Waals surface area contributed by atoms with Gasteiger partial charge in [0.25, 0.3) is 0 Å². The van der Waals surface area contributed by atoms with Gasteiger partial charge < -0.3 is 0 Å². The van der Waals surface area contributed by atoms with Crippen LogP contribution in [0, 0.1) is 23.8 Å². The van der Waals surface area contributed by atoms with Crippen molar-refractivity contribution in [3.63, 3.8) is 0 Å². The Labute approximate surface area is 150 Å². The van der Waals surface area contributed by atoms with E-state index in [1.165, 1.54) is 51.4 Å². The van der Waals surface area contributed by atoms with Gasteiger partial charge in [-0.2, -0.15) is 35.9 Å². The predicted molar refractivity (Wildman–Crippen MR) is 81.1 cm³/mol. The van der Waals surface area contributed by atoms with Crippen molar-refractivity contribution < 1.29 is 32.7 Å². The molecule has 20 heavy (non-hydrogen) atoms. The number of rotatable bonds is 2. The standard InChI is InChI=1S/C19H27.Y/c1-15-7-9-17(10-8-15)19-13-11-18(12-14-19)16-5-3-2-4-6-16;/h3-6,15,17-19H,7-14H2,1H3;/q-1;.